The summed E-state index contributed by atoms with van der Waals surface area (Å²) in [6.45, 7) is 3.93. The highest BCUT2D eigenvalue weighted by Crippen LogP contribution is 2.21. The number of aromatic nitrogens is 3. The quantitative estimate of drug-likeness (QED) is 0.483. The normalized spacial score (nSPS) is 10.5. The van der Waals surface area contributed by atoms with E-state index in [0.717, 1.165) is 0 Å². The van der Waals surface area contributed by atoms with Gasteiger partial charge in [-0.1, -0.05) is 24.3 Å². The molecule has 108 valence electrons. The molecule has 0 radical (unpaired) electrons. The molecular weight excluding hydrogens is 294 g/mol. The largest absolute Gasteiger partial charge is 0.489 e. The number of halogens is 1. The fourth-order valence-electron chi connectivity index (χ4n) is 1.43. The lowest BCUT2D eigenvalue weighted by molar-refractivity contribution is 0.0945. The van der Waals surface area contributed by atoms with Crippen LogP contribution in [0.2, 0.25) is 5.02 Å². The number of nitrogens with zero attached hydrogens (tertiary/aromatic N) is 3. The molecule has 8 heteroatoms. The average molecular weight is 306 g/mol. The average Bonchev–Trinajstić information content (AvgIpc) is 3.00. The summed E-state index contributed by atoms with van der Waals surface area (Å²) >= 11 is 5.93. The van der Waals surface area contributed by atoms with E-state index in [4.69, 9.17) is 16.3 Å². The molecule has 2 rings (SSSR count). The second-order valence-electron chi connectivity index (χ2n) is 3.82. The van der Waals surface area contributed by atoms with E-state index < -0.39 is 5.91 Å². The van der Waals surface area contributed by atoms with Crippen LogP contribution in [0, 0.1) is 0 Å². The molecule has 1 aromatic carbocycles. The smallest absolute Gasteiger partial charge is 0.308 e. The second kappa shape index (κ2) is 7.20. The molecule has 2 aromatic rings. The van der Waals surface area contributed by atoms with Gasteiger partial charge in [0, 0.05) is 10.6 Å². The number of benzene rings is 1. The van der Waals surface area contributed by atoms with E-state index in [9.17, 15) is 4.79 Å². The van der Waals surface area contributed by atoms with Gasteiger partial charge in [-0.15, -0.1) is 0 Å². The van der Waals surface area contributed by atoms with Crippen molar-refractivity contribution in [2.45, 2.75) is 0 Å². The van der Waals surface area contributed by atoms with Gasteiger partial charge in [0.05, 0.1) is 6.21 Å². The number of hydrazone groups is 1. The fourth-order valence-corrected chi connectivity index (χ4v) is 1.61. The number of carbonyl (C=O) groups is 1. The zero-order valence-electron chi connectivity index (χ0n) is 10.9. The van der Waals surface area contributed by atoms with Crippen molar-refractivity contribution in [3.63, 3.8) is 0 Å². The molecule has 0 atom stereocenters. The van der Waals surface area contributed by atoms with Gasteiger partial charge in [-0.3, -0.25) is 9.89 Å². The summed E-state index contributed by atoms with van der Waals surface area (Å²) in [5, 5.41) is 10.4. The maximum absolute atomic E-state index is 11.6. The number of ether oxygens (including phenoxy) is 1. The number of rotatable bonds is 6. The van der Waals surface area contributed by atoms with Gasteiger partial charge in [0.25, 0.3) is 0 Å². The number of nitrogens with one attached hydrogen (secondary N) is 2. The molecule has 7 nitrogen and oxygen atoms in total. The molecule has 2 N–H and O–H groups in total. The molecule has 0 saturated heterocycles. The predicted molar refractivity (Wildman–Crippen MR) is 78.6 cm³/mol. The van der Waals surface area contributed by atoms with Crippen LogP contribution in [-0.4, -0.2) is 33.9 Å². The predicted octanol–water partition coefficient (Wildman–Crippen LogP) is 1.79. The SMILES string of the molecule is C=CCOc1ccc(Cl)cc1C=NNC(=O)c1ncn[nH]1. The van der Waals surface area contributed by atoms with Gasteiger partial charge in [-0.05, 0) is 18.2 Å². The Morgan fingerprint density at radius 2 is 2.43 bits per heavy atom. The lowest BCUT2D eigenvalue weighted by Crippen LogP contribution is -2.19. The molecule has 1 aromatic heterocycles. The maximum Gasteiger partial charge on any atom is 0.308 e. The fraction of sp³-hybridized carbons (Fsp3) is 0.0769. The van der Waals surface area contributed by atoms with Crippen molar-refractivity contribution >= 4 is 23.7 Å². The zero-order chi connectivity index (χ0) is 15.1. The number of aromatic amines is 1. The first-order valence-corrected chi connectivity index (χ1v) is 6.30. The van der Waals surface area contributed by atoms with Crippen molar-refractivity contribution in [3.8, 4) is 5.75 Å². The highest BCUT2D eigenvalue weighted by atomic mass is 35.5. The summed E-state index contributed by atoms with van der Waals surface area (Å²) in [5.74, 6) is 0.151. The van der Waals surface area contributed by atoms with Crippen LogP contribution in [0.4, 0.5) is 0 Å². The highest BCUT2D eigenvalue weighted by molar-refractivity contribution is 6.30. The Hall–Kier alpha value is -2.67. The van der Waals surface area contributed by atoms with Gasteiger partial charge in [0.15, 0.2) is 0 Å². The maximum atomic E-state index is 11.6. The van der Waals surface area contributed by atoms with Crippen LogP contribution < -0.4 is 10.2 Å². The molecule has 0 aliphatic rings. The van der Waals surface area contributed by atoms with Gasteiger partial charge in [0.2, 0.25) is 5.82 Å². The molecule has 0 aliphatic heterocycles. The van der Waals surface area contributed by atoms with Crippen LogP contribution in [0.25, 0.3) is 0 Å². The van der Waals surface area contributed by atoms with E-state index in [1.807, 2.05) is 0 Å². The third-order valence-corrected chi connectivity index (χ3v) is 2.56. The summed E-state index contributed by atoms with van der Waals surface area (Å²) in [5.41, 5.74) is 2.94. The van der Waals surface area contributed by atoms with Gasteiger partial charge in [0.1, 0.15) is 18.7 Å². The minimum absolute atomic E-state index is 0.0707. The molecule has 0 unspecified atom stereocenters. The summed E-state index contributed by atoms with van der Waals surface area (Å²) in [4.78, 5) is 15.3. The summed E-state index contributed by atoms with van der Waals surface area (Å²) in [6.07, 6.45) is 4.29. The Balaban J connectivity index is 2.07. The Morgan fingerprint density at radius 1 is 1.57 bits per heavy atom. The number of amides is 1. The standard InChI is InChI=1S/C13H12ClN5O2/c1-2-5-21-11-4-3-10(14)6-9(11)7-16-19-13(20)12-15-8-17-18-12/h2-4,6-8H,1,5H2,(H,19,20)(H,15,17,18). The van der Waals surface area contributed by atoms with Crippen molar-refractivity contribution < 1.29 is 9.53 Å². The summed E-state index contributed by atoms with van der Waals surface area (Å²) in [6, 6.07) is 5.08. The van der Waals surface area contributed by atoms with Crippen LogP contribution in [0.1, 0.15) is 16.2 Å². The van der Waals surface area contributed by atoms with E-state index in [0.29, 0.717) is 22.9 Å². The van der Waals surface area contributed by atoms with Crippen LogP contribution in [0.3, 0.4) is 0 Å². The zero-order valence-corrected chi connectivity index (χ0v) is 11.7. The van der Waals surface area contributed by atoms with Gasteiger partial charge < -0.3 is 4.74 Å². The number of hydrogen-bond acceptors (Lipinski definition) is 5. The lowest BCUT2D eigenvalue weighted by atomic mass is 10.2. The van der Waals surface area contributed by atoms with E-state index in [2.05, 4.69) is 32.3 Å². The van der Waals surface area contributed by atoms with Crippen molar-refractivity contribution in [2.24, 2.45) is 5.10 Å². The molecule has 0 bridgehead atoms. The monoisotopic (exact) mass is 305 g/mol. The molecule has 0 aliphatic carbocycles. The van der Waals surface area contributed by atoms with Crippen LogP contribution in [0.15, 0.2) is 42.3 Å². The molecule has 1 heterocycles. The lowest BCUT2D eigenvalue weighted by Gasteiger charge is -2.07. The Morgan fingerprint density at radius 3 is 3.14 bits per heavy atom. The minimum Gasteiger partial charge on any atom is -0.489 e. The topological polar surface area (TPSA) is 92.3 Å². The van der Waals surface area contributed by atoms with Crippen LogP contribution in [0.5, 0.6) is 5.75 Å². The molecule has 1 amide bonds. The number of hydrogen-bond donors (Lipinski definition) is 2. The number of H-pyrrole nitrogens is 1. The van der Waals surface area contributed by atoms with Gasteiger partial charge in [-0.2, -0.15) is 10.2 Å². The first-order valence-electron chi connectivity index (χ1n) is 5.92. The molecular formula is C13H12ClN5O2. The Labute approximate surface area is 125 Å². The highest BCUT2D eigenvalue weighted by Gasteiger charge is 2.07. The van der Waals surface area contributed by atoms with Crippen molar-refractivity contribution in [1.82, 2.24) is 20.6 Å². The van der Waals surface area contributed by atoms with Gasteiger partial charge in [-0.25, -0.2) is 10.4 Å². The van der Waals surface area contributed by atoms with Crippen molar-refractivity contribution in [2.75, 3.05) is 6.61 Å². The first kappa shape index (κ1) is 14.7. The Kier molecular flexibility index (Phi) is 5.05. The second-order valence-corrected chi connectivity index (χ2v) is 4.25. The minimum atomic E-state index is -0.501. The van der Waals surface area contributed by atoms with Gasteiger partial charge >= 0.3 is 5.91 Å². The van der Waals surface area contributed by atoms with Crippen molar-refractivity contribution in [3.05, 3.63) is 53.6 Å². The Bertz CT molecular complexity index is 655. The molecule has 0 fully saturated rings. The third-order valence-electron chi connectivity index (χ3n) is 2.33. The van der Waals surface area contributed by atoms with E-state index in [-0.39, 0.29) is 5.82 Å². The van der Waals surface area contributed by atoms with E-state index in [1.54, 1.807) is 24.3 Å². The molecule has 0 saturated carbocycles. The van der Waals surface area contributed by atoms with Crippen molar-refractivity contribution in [1.29, 1.82) is 0 Å². The van der Waals surface area contributed by atoms with E-state index in [1.165, 1.54) is 12.5 Å². The molecule has 0 spiro atoms. The summed E-state index contributed by atoms with van der Waals surface area (Å²) in [7, 11) is 0. The van der Waals surface area contributed by atoms with Crippen LogP contribution >= 0.6 is 11.6 Å². The number of carbonyl (C=O) groups excluding carboxylic acids is 1. The summed E-state index contributed by atoms with van der Waals surface area (Å²) < 4.78 is 5.46. The molecule has 21 heavy (non-hydrogen) atoms. The first-order chi connectivity index (χ1) is 10.2. The van der Waals surface area contributed by atoms with Crippen LogP contribution in [-0.2, 0) is 0 Å². The third kappa shape index (κ3) is 4.15. The van der Waals surface area contributed by atoms with E-state index >= 15 is 0 Å².